The van der Waals surface area contributed by atoms with Crippen LogP contribution >= 0.6 is 0 Å². The molecule has 2 aliphatic carbocycles. The van der Waals surface area contributed by atoms with Crippen molar-refractivity contribution in [3.8, 4) is 0 Å². The van der Waals surface area contributed by atoms with Gasteiger partial charge in [0.1, 0.15) is 0 Å². The molecule has 2 aromatic rings. The number of carboxylic acids is 1. The van der Waals surface area contributed by atoms with E-state index in [9.17, 15) is 4.79 Å². The predicted molar refractivity (Wildman–Crippen MR) is 122 cm³/mol. The van der Waals surface area contributed by atoms with E-state index in [2.05, 4.69) is 63.9 Å². The molecule has 4 rings (SSSR count). The minimum atomic E-state index is -1.09. The largest absolute Gasteiger partial charge is 0.475 e. The topological polar surface area (TPSA) is 87.1 Å². The highest BCUT2D eigenvalue weighted by Gasteiger charge is 2.40. The van der Waals surface area contributed by atoms with Gasteiger partial charge in [0, 0.05) is 42.6 Å². The molecule has 0 radical (unpaired) electrons. The summed E-state index contributed by atoms with van der Waals surface area (Å²) >= 11 is 0. The summed E-state index contributed by atoms with van der Waals surface area (Å²) in [6.07, 6.45) is 12.6. The predicted octanol–water partition coefficient (Wildman–Crippen LogP) is 4.05. The standard InChI is InChI=1S/C25H32N4O2/c1-2-19(12-17-6-4-3-5-7-17)22-13-23(22)29-21-10-8-20(9-11-21)26-14-18-15-27-24(25(30)31)28-16-18/h3-7,12,15-16,20-23,26,29H,2,8-11,13-14H2,1H3,(H,30,31)/b19-12+. The van der Waals surface area contributed by atoms with E-state index in [0.717, 1.165) is 24.8 Å². The van der Waals surface area contributed by atoms with Gasteiger partial charge in [-0.25, -0.2) is 14.8 Å². The molecule has 1 aromatic heterocycles. The number of aromatic carboxylic acids is 1. The summed E-state index contributed by atoms with van der Waals surface area (Å²) in [6.45, 7) is 2.94. The number of nitrogens with zero attached hydrogens (tertiary/aromatic N) is 2. The van der Waals surface area contributed by atoms with Crippen LogP contribution in [0.25, 0.3) is 6.08 Å². The van der Waals surface area contributed by atoms with Crippen LogP contribution in [-0.4, -0.2) is 39.2 Å². The van der Waals surface area contributed by atoms with Gasteiger partial charge in [0.05, 0.1) is 0 Å². The van der Waals surface area contributed by atoms with E-state index in [4.69, 9.17) is 5.11 Å². The molecule has 1 aromatic carbocycles. The van der Waals surface area contributed by atoms with Crippen LogP contribution in [-0.2, 0) is 6.54 Å². The molecule has 31 heavy (non-hydrogen) atoms. The maximum absolute atomic E-state index is 10.8. The van der Waals surface area contributed by atoms with Gasteiger partial charge in [-0.1, -0.05) is 48.9 Å². The Kier molecular flexibility index (Phi) is 7.10. The molecule has 0 aliphatic heterocycles. The Morgan fingerprint density at radius 3 is 2.42 bits per heavy atom. The third-order valence-corrected chi connectivity index (χ3v) is 6.50. The van der Waals surface area contributed by atoms with Crippen molar-refractivity contribution in [2.75, 3.05) is 0 Å². The third-order valence-electron chi connectivity index (χ3n) is 6.50. The van der Waals surface area contributed by atoms with Crippen molar-refractivity contribution in [2.45, 2.75) is 70.1 Å². The fourth-order valence-electron chi connectivity index (χ4n) is 4.61. The lowest BCUT2D eigenvalue weighted by Gasteiger charge is -2.30. The number of hydrogen-bond donors (Lipinski definition) is 3. The van der Waals surface area contributed by atoms with Gasteiger partial charge in [0.15, 0.2) is 0 Å². The summed E-state index contributed by atoms with van der Waals surface area (Å²) in [5.74, 6) is -0.557. The summed E-state index contributed by atoms with van der Waals surface area (Å²) in [7, 11) is 0. The van der Waals surface area contributed by atoms with E-state index in [0.29, 0.717) is 30.6 Å². The zero-order valence-electron chi connectivity index (χ0n) is 18.1. The molecule has 6 heteroatoms. The molecular formula is C25H32N4O2. The van der Waals surface area contributed by atoms with Crippen molar-refractivity contribution in [3.05, 3.63) is 65.2 Å². The van der Waals surface area contributed by atoms with Gasteiger partial charge in [-0.3, -0.25) is 0 Å². The highest BCUT2D eigenvalue weighted by molar-refractivity contribution is 5.82. The Bertz CT molecular complexity index is 889. The number of rotatable bonds is 9. The number of hydrogen-bond acceptors (Lipinski definition) is 5. The van der Waals surface area contributed by atoms with E-state index in [1.165, 1.54) is 24.8 Å². The monoisotopic (exact) mass is 420 g/mol. The molecule has 2 fully saturated rings. The second-order valence-corrected chi connectivity index (χ2v) is 8.75. The molecule has 164 valence electrons. The normalized spacial score (nSPS) is 25.9. The fourth-order valence-corrected chi connectivity index (χ4v) is 4.61. The average Bonchev–Trinajstić information content (AvgIpc) is 3.56. The quantitative estimate of drug-likeness (QED) is 0.567. The van der Waals surface area contributed by atoms with Gasteiger partial charge < -0.3 is 15.7 Å². The Morgan fingerprint density at radius 2 is 1.77 bits per heavy atom. The second kappa shape index (κ2) is 10.2. The SMILES string of the molecule is CC/C(=C\c1ccccc1)C1CC1NC1CCC(NCc2cnc(C(=O)O)nc2)CC1. The first-order valence-corrected chi connectivity index (χ1v) is 11.4. The van der Waals surface area contributed by atoms with Crippen molar-refractivity contribution >= 4 is 12.0 Å². The van der Waals surface area contributed by atoms with E-state index in [1.807, 2.05) is 0 Å². The van der Waals surface area contributed by atoms with Crippen molar-refractivity contribution in [3.63, 3.8) is 0 Å². The first-order chi connectivity index (χ1) is 15.1. The molecule has 2 aliphatic rings. The number of aromatic nitrogens is 2. The maximum Gasteiger partial charge on any atom is 0.373 e. The second-order valence-electron chi connectivity index (χ2n) is 8.75. The van der Waals surface area contributed by atoms with Gasteiger partial charge >= 0.3 is 5.97 Å². The smallest absolute Gasteiger partial charge is 0.373 e. The molecule has 0 saturated heterocycles. The van der Waals surface area contributed by atoms with Crippen LogP contribution in [0.15, 0.2) is 48.3 Å². The number of carboxylic acid groups (broad SMARTS) is 1. The zero-order valence-corrected chi connectivity index (χ0v) is 18.1. The molecule has 2 saturated carbocycles. The summed E-state index contributed by atoms with van der Waals surface area (Å²) in [4.78, 5) is 18.6. The van der Waals surface area contributed by atoms with Crippen LogP contribution in [0.1, 0.15) is 67.2 Å². The molecule has 0 spiro atoms. The molecule has 1 heterocycles. The molecule has 2 unspecified atom stereocenters. The summed E-state index contributed by atoms with van der Waals surface area (Å²) < 4.78 is 0. The molecule has 0 amide bonds. The van der Waals surface area contributed by atoms with Gasteiger partial charge in [0.2, 0.25) is 5.82 Å². The average molecular weight is 421 g/mol. The minimum Gasteiger partial charge on any atom is -0.475 e. The molecular weight excluding hydrogens is 388 g/mol. The van der Waals surface area contributed by atoms with E-state index >= 15 is 0 Å². The Balaban J connectivity index is 1.18. The van der Waals surface area contributed by atoms with Crippen molar-refractivity contribution in [1.82, 2.24) is 20.6 Å². The molecule has 3 N–H and O–H groups in total. The minimum absolute atomic E-state index is 0.154. The van der Waals surface area contributed by atoms with Gasteiger partial charge in [-0.2, -0.15) is 0 Å². The van der Waals surface area contributed by atoms with E-state index in [-0.39, 0.29) is 5.82 Å². The summed E-state index contributed by atoms with van der Waals surface area (Å²) in [6, 6.07) is 12.4. The Morgan fingerprint density at radius 1 is 1.10 bits per heavy atom. The zero-order chi connectivity index (χ0) is 21.6. The van der Waals surface area contributed by atoms with Gasteiger partial charge in [0.25, 0.3) is 0 Å². The number of benzene rings is 1. The lowest BCUT2D eigenvalue weighted by molar-refractivity contribution is 0.0683. The molecule has 0 bridgehead atoms. The maximum atomic E-state index is 10.8. The van der Waals surface area contributed by atoms with Crippen molar-refractivity contribution in [2.24, 2.45) is 5.92 Å². The highest BCUT2D eigenvalue weighted by Crippen LogP contribution is 2.40. The van der Waals surface area contributed by atoms with Crippen molar-refractivity contribution in [1.29, 1.82) is 0 Å². The van der Waals surface area contributed by atoms with Crippen molar-refractivity contribution < 1.29 is 9.90 Å². The first kappa shape index (κ1) is 21.7. The van der Waals surface area contributed by atoms with Crippen LogP contribution in [0.5, 0.6) is 0 Å². The molecule has 6 nitrogen and oxygen atoms in total. The fraction of sp³-hybridized carbons (Fsp3) is 0.480. The van der Waals surface area contributed by atoms with Crippen LogP contribution in [0.3, 0.4) is 0 Å². The van der Waals surface area contributed by atoms with Crippen LogP contribution in [0, 0.1) is 5.92 Å². The lowest BCUT2D eigenvalue weighted by atomic mass is 9.91. The van der Waals surface area contributed by atoms with E-state index in [1.54, 1.807) is 18.0 Å². The Labute approximate surface area is 184 Å². The number of nitrogens with one attached hydrogen (secondary N) is 2. The lowest BCUT2D eigenvalue weighted by Crippen LogP contribution is -2.40. The summed E-state index contributed by atoms with van der Waals surface area (Å²) in [5.41, 5.74) is 3.79. The van der Waals surface area contributed by atoms with E-state index < -0.39 is 5.97 Å². The van der Waals surface area contributed by atoms with Crippen LogP contribution < -0.4 is 10.6 Å². The van der Waals surface area contributed by atoms with Crippen LogP contribution in [0.4, 0.5) is 0 Å². The van der Waals surface area contributed by atoms with Crippen LogP contribution in [0.2, 0.25) is 0 Å². The first-order valence-electron chi connectivity index (χ1n) is 11.4. The van der Waals surface area contributed by atoms with Gasteiger partial charge in [-0.05, 0) is 50.0 Å². The molecule has 2 atom stereocenters. The third kappa shape index (κ3) is 5.99. The summed E-state index contributed by atoms with van der Waals surface area (Å²) in [5, 5.41) is 16.4. The van der Waals surface area contributed by atoms with Gasteiger partial charge in [-0.15, -0.1) is 0 Å². The highest BCUT2D eigenvalue weighted by atomic mass is 16.4. The number of carbonyl (C=O) groups is 1. The Hall–Kier alpha value is -2.57.